The molecule has 2 N–H and O–H groups in total. The average molecular weight is 226 g/mol. The second-order valence-corrected chi connectivity index (χ2v) is 5.79. The highest BCUT2D eigenvalue weighted by atomic mass is 15.2. The van der Waals surface area contributed by atoms with Crippen molar-refractivity contribution in [2.24, 2.45) is 11.7 Å². The topological polar surface area (TPSA) is 29.3 Å². The molecule has 0 aromatic carbocycles. The van der Waals surface area contributed by atoms with Gasteiger partial charge in [0.2, 0.25) is 0 Å². The van der Waals surface area contributed by atoms with E-state index in [1.165, 1.54) is 38.6 Å². The van der Waals surface area contributed by atoms with Gasteiger partial charge in [-0.1, -0.05) is 27.7 Å². The van der Waals surface area contributed by atoms with Gasteiger partial charge >= 0.3 is 0 Å². The monoisotopic (exact) mass is 226 g/mol. The van der Waals surface area contributed by atoms with Crippen LogP contribution in [0.2, 0.25) is 0 Å². The smallest absolute Gasteiger partial charge is 0.0114 e. The normalized spacial score (nSPS) is 26.2. The lowest BCUT2D eigenvalue weighted by Gasteiger charge is -2.37. The zero-order chi connectivity index (χ0) is 12.1. The third-order valence-electron chi connectivity index (χ3n) is 3.90. The molecular formula is C14H30N2. The fraction of sp³-hybridized carbons (Fsp3) is 1.00. The van der Waals surface area contributed by atoms with Crippen LogP contribution in [0.25, 0.3) is 0 Å². The summed E-state index contributed by atoms with van der Waals surface area (Å²) in [5.74, 6) is 0.762. The molecule has 0 aromatic rings. The van der Waals surface area contributed by atoms with Crippen molar-refractivity contribution in [2.75, 3.05) is 6.54 Å². The first-order valence-corrected chi connectivity index (χ1v) is 7.09. The maximum absolute atomic E-state index is 6.05. The largest absolute Gasteiger partial charge is 0.328 e. The summed E-state index contributed by atoms with van der Waals surface area (Å²) >= 11 is 0. The third-order valence-corrected chi connectivity index (χ3v) is 3.90. The average Bonchev–Trinajstić information content (AvgIpc) is 2.64. The molecule has 0 aliphatic heterocycles. The van der Waals surface area contributed by atoms with Crippen molar-refractivity contribution in [1.82, 2.24) is 4.90 Å². The van der Waals surface area contributed by atoms with E-state index >= 15 is 0 Å². The summed E-state index contributed by atoms with van der Waals surface area (Å²) in [6, 6.07) is 1.97. The van der Waals surface area contributed by atoms with Crippen molar-refractivity contribution in [3.63, 3.8) is 0 Å². The fourth-order valence-electron chi connectivity index (χ4n) is 3.07. The van der Waals surface area contributed by atoms with Crippen molar-refractivity contribution in [3.8, 4) is 0 Å². The molecular weight excluding hydrogens is 196 g/mol. The van der Waals surface area contributed by atoms with E-state index in [0.29, 0.717) is 6.04 Å². The van der Waals surface area contributed by atoms with Gasteiger partial charge in [-0.3, -0.25) is 4.90 Å². The summed E-state index contributed by atoms with van der Waals surface area (Å²) < 4.78 is 0. The molecule has 2 heteroatoms. The van der Waals surface area contributed by atoms with Crippen molar-refractivity contribution in [3.05, 3.63) is 0 Å². The van der Waals surface area contributed by atoms with Gasteiger partial charge in [-0.25, -0.2) is 0 Å². The van der Waals surface area contributed by atoms with Gasteiger partial charge in [-0.2, -0.15) is 0 Å². The molecule has 0 heterocycles. The molecule has 1 rings (SSSR count). The Balaban J connectivity index is 2.62. The Morgan fingerprint density at radius 1 is 1.19 bits per heavy atom. The lowest BCUT2D eigenvalue weighted by molar-refractivity contribution is 0.111. The number of hydrogen-bond donors (Lipinski definition) is 1. The van der Waals surface area contributed by atoms with Gasteiger partial charge in [-0.05, 0) is 38.0 Å². The lowest BCUT2D eigenvalue weighted by atomic mass is 10.0. The molecule has 1 aliphatic carbocycles. The van der Waals surface area contributed by atoms with E-state index in [1.807, 2.05) is 0 Å². The van der Waals surface area contributed by atoms with Crippen LogP contribution in [-0.4, -0.2) is 29.6 Å². The van der Waals surface area contributed by atoms with Crippen LogP contribution in [0.15, 0.2) is 0 Å². The Labute approximate surface area is 102 Å². The second kappa shape index (κ2) is 6.61. The van der Waals surface area contributed by atoms with Gasteiger partial charge < -0.3 is 5.73 Å². The van der Waals surface area contributed by atoms with Crippen LogP contribution < -0.4 is 5.73 Å². The molecule has 0 aromatic heterocycles. The highest BCUT2D eigenvalue weighted by molar-refractivity contribution is 4.87. The predicted octanol–water partition coefficient (Wildman–Crippen LogP) is 3.01. The van der Waals surface area contributed by atoms with Gasteiger partial charge in [-0.15, -0.1) is 0 Å². The van der Waals surface area contributed by atoms with Crippen LogP contribution in [0.5, 0.6) is 0 Å². The third kappa shape index (κ3) is 3.74. The molecule has 1 fully saturated rings. The van der Waals surface area contributed by atoms with E-state index in [-0.39, 0.29) is 0 Å². The van der Waals surface area contributed by atoms with E-state index < -0.39 is 0 Å². The SMILES string of the molecule is CCC(CC)N(CC(C)C)C1CCC(N)C1. The molecule has 1 aliphatic rings. The molecule has 2 unspecified atom stereocenters. The molecule has 0 bridgehead atoms. The lowest BCUT2D eigenvalue weighted by Crippen LogP contribution is -2.44. The number of nitrogens with zero attached hydrogens (tertiary/aromatic N) is 1. The molecule has 0 amide bonds. The van der Waals surface area contributed by atoms with Gasteiger partial charge in [0.15, 0.2) is 0 Å². The Hall–Kier alpha value is -0.0800. The zero-order valence-corrected chi connectivity index (χ0v) is 11.6. The summed E-state index contributed by atoms with van der Waals surface area (Å²) in [5.41, 5.74) is 6.05. The van der Waals surface area contributed by atoms with Gasteiger partial charge in [0.05, 0.1) is 0 Å². The molecule has 0 saturated heterocycles. The number of hydrogen-bond acceptors (Lipinski definition) is 2. The first-order chi connectivity index (χ1) is 7.58. The fourth-order valence-corrected chi connectivity index (χ4v) is 3.07. The van der Waals surface area contributed by atoms with Crippen LogP contribution in [0.4, 0.5) is 0 Å². The molecule has 0 spiro atoms. The van der Waals surface area contributed by atoms with Crippen LogP contribution in [0.3, 0.4) is 0 Å². The van der Waals surface area contributed by atoms with E-state index in [0.717, 1.165) is 18.0 Å². The molecule has 96 valence electrons. The van der Waals surface area contributed by atoms with E-state index in [1.54, 1.807) is 0 Å². The van der Waals surface area contributed by atoms with E-state index in [9.17, 15) is 0 Å². The summed E-state index contributed by atoms with van der Waals surface area (Å²) in [7, 11) is 0. The molecule has 2 atom stereocenters. The summed E-state index contributed by atoms with van der Waals surface area (Å²) in [5, 5.41) is 0. The zero-order valence-electron chi connectivity index (χ0n) is 11.6. The molecule has 16 heavy (non-hydrogen) atoms. The number of rotatable bonds is 6. The molecule has 1 saturated carbocycles. The van der Waals surface area contributed by atoms with E-state index in [2.05, 4.69) is 32.6 Å². The minimum Gasteiger partial charge on any atom is -0.328 e. The Morgan fingerprint density at radius 3 is 2.19 bits per heavy atom. The van der Waals surface area contributed by atoms with Crippen molar-refractivity contribution in [2.45, 2.75) is 77.9 Å². The Kier molecular flexibility index (Phi) is 5.77. The van der Waals surface area contributed by atoms with Crippen LogP contribution >= 0.6 is 0 Å². The van der Waals surface area contributed by atoms with Crippen LogP contribution in [0, 0.1) is 5.92 Å². The quantitative estimate of drug-likeness (QED) is 0.754. The summed E-state index contributed by atoms with van der Waals surface area (Å²) in [6.45, 7) is 10.5. The Bertz CT molecular complexity index is 187. The first kappa shape index (κ1) is 14.0. The van der Waals surface area contributed by atoms with E-state index in [4.69, 9.17) is 5.73 Å². The van der Waals surface area contributed by atoms with Gasteiger partial charge in [0, 0.05) is 24.7 Å². The van der Waals surface area contributed by atoms with Crippen LogP contribution in [-0.2, 0) is 0 Å². The standard InChI is InChI=1S/C14H30N2/c1-5-13(6-2)16(10-11(3)4)14-8-7-12(15)9-14/h11-14H,5-10,15H2,1-4H3. The predicted molar refractivity (Wildman–Crippen MR) is 71.5 cm³/mol. The first-order valence-electron chi connectivity index (χ1n) is 7.09. The minimum absolute atomic E-state index is 0.453. The molecule has 2 nitrogen and oxygen atoms in total. The highest BCUT2D eigenvalue weighted by Crippen LogP contribution is 2.27. The Morgan fingerprint density at radius 2 is 1.81 bits per heavy atom. The van der Waals surface area contributed by atoms with Crippen molar-refractivity contribution < 1.29 is 0 Å². The van der Waals surface area contributed by atoms with Crippen LogP contribution in [0.1, 0.15) is 59.8 Å². The summed E-state index contributed by atoms with van der Waals surface area (Å²) in [6.07, 6.45) is 6.29. The second-order valence-electron chi connectivity index (χ2n) is 5.79. The number of nitrogens with two attached hydrogens (primary N) is 1. The summed E-state index contributed by atoms with van der Waals surface area (Å²) in [4.78, 5) is 2.75. The highest BCUT2D eigenvalue weighted by Gasteiger charge is 2.30. The van der Waals surface area contributed by atoms with Gasteiger partial charge in [0.1, 0.15) is 0 Å². The minimum atomic E-state index is 0.453. The maximum Gasteiger partial charge on any atom is 0.0114 e. The van der Waals surface area contributed by atoms with Gasteiger partial charge in [0.25, 0.3) is 0 Å². The maximum atomic E-state index is 6.05. The van der Waals surface area contributed by atoms with Crippen molar-refractivity contribution >= 4 is 0 Å². The van der Waals surface area contributed by atoms with Crippen molar-refractivity contribution in [1.29, 1.82) is 0 Å². The molecule has 0 radical (unpaired) electrons.